The predicted octanol–water partition coefficient (Wildman–Crippen LogP) is 3.03. The molecule has 1 N–H and O–H groups in total. The van der Waals surface area contributed by atoms with Gasteiger partial charge in [-0.25, -0.2) is 9.78 Å². The number of piperidine rings is 1. The van der Waals surface area contributed by atoms with Crippen LogP contribution in [0.3, 0.4) is 0 Å². The lowest BCUT2D eigenvalue weighted by molar-refractivity contribution is 0.162. The van der Waals surface area contributed by atoms with Gasteiger partial charge in [-0.2, -0.15) is 0 Å². The summed E-state index contributed by atoms with van der Waals surface area (Å²) >= 11 is 0. The van der Waals surface area contributed by atoms with Crippen molar-refractivity contribution in [2.75, 3.05) is 37.7 Å². The molecule has 0 aromatic carbocycles. The zero-order valence-corrected chi connectivity index (χ0v) is 16.4. The van der Waals surface area contributed by atoms with Crippen LogP contribution in [0.1, 0.15) is 44.6 Å². The van der Waals surface area contributed by atoms with Gasteiger partial charge in [-0.1, -0.05) is 13.0 Å². The minimum atomic E-state index is 0.0542. The van der Waals surface area contributed by atoms with Crippen molar-refractivity contribution in [3.8, 4) is 0 Å². The molecule has 3 fully saturated rings. The molecular weight excluding hydrogens is 340 g/mol. The van der Waals surface area contributed by atoms with Crippen LogP contribution < -0.4 is 10.2 Å². The van der Waals surface area contributed by atoms with Crippen molar-refractivity contribution in [3.63, 3.8) is 0 Å². The number of amides is 2. The largest absolute Gasteiger partial charge is 0.381 e. The van der Waals surface area contributed by atoms with Gasteiger partial charge in [0.1, 0.15) is 5.82 Å². The maximum atomic E-state index is 12.7. The summed E-state index contributed by atoms with van der Waals surface area (Å²) in [6.45, 7) is 7.47. The molecule has 1 atom stereocenters. The van der Waals surface area contributed by atoms with E-state index in [0.29, 0.717) is 18.5 Å². The van der Waals surface area contributed by atoms with E-state index in [1.807, 2.05) is 11.1 Å². The van der Waals surface area contributed by atoms with Crippen LogP contribution in [0.15, 0.2) is 18.3 Å². The molecule has 3 heterocycles. The van der Waals surface area contributed by atoms with Crippen LogP contribution >= 0.6 is 0 Å². The van der Waals surface area contributed by atoms with E-state index in [4.69, 9.17) is 4.74 Å². The van der Waals surface area contributed by atoms with E-state index in [9.17, 15) is 4.79 Å². The molecule has 2 amide bonds. The molecule has 6 heteroatoms. The Morgan fingerprint density at radius 3 is 2.70 bits per heavy atom. The highest BCUT2D eigenvalue weighted by Crippen LogP contribution is 2.29. The first-order chi connectivity index (χ1) is 13.2. The Morgan fingerprint density at radius 1 is 1.26 bits per heavy atom. The van der Waals surface area contributed by atoms with Gasteiger partial charge in [-0.3, -0.25) is 0 Å². The second-order valence-corrected chi connectivity index (χ2v) is 8.47. The summed E-state index contributed by atoms with van der Waals surface area (Å²) in [6, 6.07) is 4.66. The number of aromatic nitrogens is 1. The Morgan fingerprint density at radius 2 is 2.07 bits per heavy atom. The van der Waals surface area contributed by atoms with Crippen LogP contribution in [0.2, 0.25) is 0 Å². The summed E-state index contributed by atoms with van der Waals surface area (Å²) in [5.41, 5.74) is 1.05. The van der Waals surface area contributed by atoms with Crippen molar-refractivity contribution in [2.24, 2.45) is 11.8 Å². The number of pyridine rings is 1. The summed E-state index contributed by atoms with van der Waals surface area (Å²) in [4.78, 5) is 21.7. The number of rotatable bonds is 6. The quantitative estimate of drug-likeness (QED) is 0.834. The van der Waals surface area contributed by atoms with Crippen LogP contribution in [0, 0.1) is 11.8 Å². The van der Waals surface area contributed by atoms with Crippen LogP contribution in [0.5, 0.6) is 0 Å². The smallest absolute Gasteiger partial charge is 0.317 e. The number of carbonyl (C=O) groups excluding carboxylic acids is 1. The topological polar surface area (TPSA) is 57.7 Å². The molecule has 2 saturated heterocycles. The van der Waals surface area contributed by atoms with Crippen molar-refractivity contribution >= 4 is 11.8 Å². The number of ether oxygens (including phenoxy) is 1. The molecule has 4 rings (SSSR count). The number of anilines is 1. The van der Waals surface area contributed by atoms with Crippen molar-refractivity contribution in [3.05, 3.63) is 23.9 Å². The number of urea groups is 1. The number of carbonyl (C=O) groups is 1. The summed E-state index contributed by atoms with van der Waals surface area (Å²) in [6.07, 6.45) is 7.71. The third-order valence-corrected chi connectivity index (χ3v) is 6.09. The highest BCUT2D eigenvalue weighted by molar-refractivity contribution is 5.75. The molecule has 1 aliphatic carbocycles. The second-order valence-electron chi connectivity index (χ2n) is 8.47. The third kappa shape index (κ3) is 4.92. The van der Waals surface area contributed by atoms with Crippen molar-refractivity contribution in [1.82, 2.24) is 15.2 Å². The predicted molar refractivity (Wildman–Crippen MR) is 106 cm³/mol. The van der Waals surface area contributed by atoms with Gasteiger partial charge >= 0.3 is 6.03 Å². The van der Waals surface area contributed by atoms with Crippen LogP contribution in [0.4, 0.5) is 10.6 Å². The maximum Gasteiger partial charge on any atom is 0.317 e. The number of hydrogen-bond donors (Lipinski definition) is 1. The van der Waals surface area contributed by atoms with E-state index in [1.54, 1.807) is 0 Å². The van der Waals surface area contributed by atoms with E-state index in [1.165, 1.54) is 12.8 Å². The molecule has 1 saturated carbocycles. The minimum absolute atomic E-state index is 0.0542. The fraction of sp³-hybridized carbons (Fsp3) is 0.714. The standard InChI is InChI=1S/C21H32N4O2/c1-16-6-9-24(10-7-16)20-5-2-17(12-22-20)13-23-21(26)25(19-3-4-19)14-18-8-11-27-15-18/h2,5,12,16,18-19H,3-4,6-11,13-15H2,1H3,(H,23,26). The van der Waals surface area contributed by atoms with Crippen molar-refractivity contribution < 1.29 is 9.53 Å². The molecule has 1 unspecified atom stereocenters. The molecule has 1 aromatic heterocycles. The van der Waals surface area contributed by atoms with Crippen molar-refractivity contribution in [2.45, 2.75) is 51.6 Å². The third-order valence-electron chi connectivity index (χ3n) is 6.09. The minimum Gasteiger partial charge on any atom is -0.381 e. The zero-order valence-electron chi connectivity index (χ0n) is 16.4. The molecule has 27 heavy (non-hydrogen) atoms. The fourth-order valence-corrected chi connectivity index (χ4v) is 4.01. The van der Waals surface area contributed by atoms with Gasteiger partial charge < -0.3 is 19.9 Å². The molecule has 0 bridgehead atoms. The Labute approximate surface area is 162 Å². The van der Waals surface area contributed by atoms with E-state index >= 15 is 0 Å². The first kappa shape index (κ1) is 18.5. The van der Waals surface area contributed by atoms with Gasteiger partial charge in [0, 0.05) is 50.9 Å². The van der Waals surface area contributed by atoms with Gasteiger partial charge in [0.15, 0.2) is 0 Å². The molecule has 6 nitrogen and oxygen atoms in total. The Hall–Kier alpha value is -1.82. The lowest BCUT2D eigenvalue weighted by Gasteiger charge is -2.31. The average molecular weight is 373 g/mol. The Bertz CT molecular complexity index is 618. The zero-order chi connectivity index (χ0) is 18.6. The molecule has 2 aliphatic heterocycles. The molecule has 148 valence electrons. The number of hydrogen-bond acceptors (Lipinski definition) is 4. The van der Waals surface area contributed by atoms with Crippen LogP contribution in [-0.2, 0) is 11.3 Å². The van der Waals surface area contributed by atoms with Gasteiger partial charge in [0.25, 0.3) is 0 Å². The molecule has 3 aliphatic rings. The first-order valence-electron chi connectivity index (χ1n) is 10.5. The Kier molecular flexibility index (Phi) is 5.81. The summed E-state index contributed by atoms with van der Waals surface area (Å²) in [5.74, 6) is 2.36. The monoisotopic (exact) mass is 372 g/mol. The van der Waals surface area contributed by atoms with E-state index in [-0.39, 0.29) is 6.03 Å². The molecular formula is C21H32N4O2. The van der Waals surface area contributed by atoms with Crippen LogP contribution in [0.25, 0.3) is 0 Å². The molecule has 0 spiro atoms. The number of nitrogens with one attached hydrogen (secondary N) is 1. The van der Waals surface area contributed by atoms with Gasteiger partial charge in [-0.15, -0.1) is 0 Å². The average Bonchev–Trinajstić information content (AvgIpc) is 3.40. The normalized spacial score (nSPS) is 23.4. The van der Waals surface area contributed by atoms with E-state index in [0.717, 1.165) is 69.4 Å². The van der Waals surface area contributed by atoms with Gasteiger partial charge in [-0.05, 0) is 49.7 Å². The van der Waals surface area contributed by atoms with Gasteiger partial charge in [0.2, 0.25) is 0 Å². The summed E-state index contributed by atoms with van der Waals surface area (Å²) in [7, 11) is 0. The highest BCUT2D eigenvalue weighted by Gasteiger charge is 2.34. The number of nitrogens with zero attached hydrogens (tertiary/aromatic N) is 3. The van der Waals surface area contributed by atoms with Gasteiger partial charge in [0.05, 0.1) is 6.61 Å². The molecule has 1 aromatic rings. The highest BCUT2D eigenvalue weighted by atomic mass is 16.5. The van der Waals surface area contributed by atoms with E-state index in [2.05, 4.69) is 34.3 Å². The lowest BCUT2D eigenvalue weighted by atomic mass is 9.99. The maximum absolute atomic E-state index is 12.7. The second kappa shape index (κ2) is 8.46. The summed E-state index contributed by atoms with van der Waals surface area (Å²) in [5, 5.41) is 3.09. The lowest BCUT2D eigenvalue weighted by Crippen LogP contribution is -2.43. The Balaban J connectivity index is 1.27. The summed E-state index contributed by atoms with van der Waals surface area (Å²) < 4.78 is 5.46. The van der Waals surface area contributed by atoms with Crippen LogP contribution in [-0.4, -0.2) is 54.8 Å². The molecule has 0 radical (unpaired) electrons. The first-order valence-corrected chi connectivity index (χ1v) is 10.5. The van der Waals surface area contributed by atoms with Crippen molar-refractivity contribution in [1.29, 1.82) is 0 Å². The SMILES string of the molecule is CC1CCN(c2ccc(CNC(=O)N(CC3CCOC3)C3CC3)cn2)CC1. The van der Waals surface area contributed by atoms with E-state index < -0.39 is 0 Å². The fourth-order valence-electron chi connectivity index (χ4n) is 4.01.